The average molecular weight is 412 g/mol. The molecule has 1 aliphatic heterocycles. The fourth-order valence-electron chi connectivity index (χ4n) is 2.74. The highest BCUT2D eigenvalue weighted by Gasteiger charge is 2.24. The van der Waals surface area contributed by atoms with Gasteiger partial charge in [-0.25, -0.2) is 21.6 Å². The number of hydrogen-bond donors (Lipinski definition) is 2. The van der Waals surface area contributed by atoms with Crippen LogP contribution in [0.1, 0.15) is 26.7 Å². The molecule has 1 heterocycles. The van der Waals surface area contributed by atoms with E-state index in [0.29, 0.717) is 19.6 Å². The van der Waals surface area contributed by atoms with Gasteiger partial charge in [-0.05, 0) is 37.6 Å². The molecule has 1 aromatic rings. The van der Waals surface area contributed by atoms with Crippen LogP contribution in [0.3, 0.4) is 0 Å². The molecule has 2 rings (SSSR count). The Labute approximate surface area is 156 Å². The zero-order valence-corrected chi connectivity index (χ0v) is 16.9. The summed E-state index contributed by atoms with van der Waals surface area (Å²) in [5.74, 6) is 0. The molecule has 1 fully saturated rings. The molecule has 0 amide bonds. The largest absolute Gasteiger partial charge is 0.313 e. The molecule has 2 N–H and O–H groups in total. The number of nitrogens with one attached hydrogen (secondary N) is 2. The van der Waals surface area contributed by atoms with E-state index in [-0.39, 0.29) is 28.2 Å². The molecular weight excluding hydrogens is 386 g/mol. The van der Waals surface area contributed by atoms with Gasteiger partial charge in [0.2, 0.25) is 20.0 Å². The minimum absolute atomic E-state index is 0. The van der Waals surface area contributed by atoms with Gasteiger partial charge < -0.3 is 5.32 Å². The second-order valence-electron chi connectivity index (χ2n) is 5.71. The molecule has 1 atom stereocenters. The number of sulfonamides is 2. The first-order valence-electron chi connectivity index (χ1n) is 8.14. The molecule has 10 heteroatoms. The van der Waals surface area contributed by atoms with Crippen molar-refractivity contribution in [1.82, 2.24) is 14.3 Å². The molecule has 0 bridgehead atoms. The SMILES string of the molecule is CCN(CC)S(=O)(=O)c1cccc(S(=O)(=O)NCC2CCCN2)c1.Cl. The summed E-state index contributed by atoms with van der Waals surface area (Å²) in [6.45, 7) is 5.36. The van der Waals surface area contributed by atoms with Crippen LogP contribution in [-0.2, 0) is 20.0 Å². The van der Waals surface area contributed by atoms with Crippen LogP contribution in [0.2, 0.25) is 0 Å². The van der Waals surface area contributed by atoms with Gasteiger partial charge >= 0.3 is 0 Å². The molecule has 144 valence electrons. The van der Waals surface area contributed by atoms with E-state index in [9.17, 15) is 16.8 Å². The third-order valence-electron chi connectivity index (χ3n) is 4.14. The Balaban J connectivity index is 0.00000312. The lowest BCUT2D eigenvalue weighted by atomic mass is 10.2. The van der Waals surface area contributed by atoms with Crippen LogP contribution < -0.4 is 10.0 Å². The number of nitrogens with zero attached hydrogens (tertiary/aromatic N) is 1. The van der Waals surface area contributed by atoms with E-state index in [4.69, 9.17) is 0 Å². The van der Waals surface area contributed by atoms with Crippen LogP contribution in [-0.4, -0.2) is 53.4 Å². The molecule has 0 radical (unpaired) electrons. The highest BCUT2D eigenvalue weighted by Crippen LogP contribution is 2.19. The van der Waals surface area contributed by atoms with Crippen LogP contribution in [0.5, 0.6) is 0 Å². The monoisotopic (exact) mass is 411 g/mol. The van der Waals surface area contributed by atoms with Crippen molar-refractivity contribution in [3.8, 4) is 0 Å². The topological polar surface area (TPSA) is 95.6 Å². The quantitative estimate of drug-likeness (QED) is 0.669. The molecule has 1 aromatic carbocycles. The summed E-state index contributed by atoms with van der Waals surface area (Å²) >= 11 is 0. The van der Waals surface area contributed by atoms with Crippen LogP contribution in [0, 0.1) is 0 Å². The summed E-state index contributed by atoms with van der Waals surface area (Å²) in [6.07, 6.45) is 1.96. The first kappa shape index (κ1) is 22.3. The van der Waals surface area contributed by atoms with Gasteiger partial charge in [-0.2, -0.15) is 4.31 Å². The minimum Gasteiger partial charge on any atom is -0.313 e. The van der Waals surface area contributed by atoms with E-state index in [0.717, 1.165) is 19.4 Å². The van der Waals surface area contributed by atoms with Gasteiger partial charge in [-0.3, -0.25) is 0 Å². The minimum atomic E-state index is -3.74. The molecule has 1 aliphatic rings. The molecule has 1 saturated heterocycles. The van der Waals surface area contributed by atoms with Crippen LogP contribution in [0.15, 0.2) is 34.1 Å². The molecular formula is C15H26ClN3O4S2. The third-order valence-corrected chi connectivity index (χ3v) is 7.61. The van der Waals surface area contributed by atoms with Gasteiger partial charge in [0.25, 0.3) is 0 Å². The van der Waals surface area contributed by atoms with Crippen LogP contribution in [0.4, 0.5) is 0 Å². The zero-order chi connectivity index (χ0) is 17.8. The summed E-state index contributed by atoms with van der Waals surface area (Å²) in [6, 6.07) is 5.63. The summed E-state index contributed by atoms with van der Waals surface area (Å²) in [5, 5.41) is 3.22. The van der Waals surface area contributed by atoms with E-state index < -0.39 is 20.0 Å². The highest BCUT2D eigenvalue weighted by molar-refractivity contribution is 7.90. The third kappa shape index (κ3) is 5.38. The smallest absolute Gasteiger partial charge is 0.243 e. The second-order valence-corrected chi connectivity index (χ2v) is 9.41. The maximum Gasteiger partial charge on any atom is 0.243 e. The van der Waals surface area contributed by atoms with Gasteiger partial charge in [0.15, 0.2) is 0 Å². The van der Waals surface area contributed by atoms with Crippen molar-refractivity contribution >= 4 is 32.5 Å². The normalized spacial score (nSPS) is 18.3. The zero-order valence-electron chi connectivity index (χ0n) is 14.4. The van der Waals surface area contributed by atoms with Gasteiger partial charge in [0.05, 0.1) is 9.79 Å². The van der Waals surface area contributed by atoms with E-state index >= 15 is 0 Å². The van der Waals surface area contributed by atoms with Crippen molar-refractivity contribution < 1.29 is 16.8 Å². The van der Waals surface area contributed by atoms with E-state index in [1.165, 1.54) is 28.6 Å². The predicted molar refractivity (Wildman–Crippen MR) is 100 cm³/mol. The Kier molecular flexibility index (Phi) is 8.30. The lowest BCUT2D eigenvalue weighted by Crippen LogP contribution is -2.37. The number of benzene rings is 1. The molecule has 0 aliphatic carbocycles. The van der Waals surface area contributed by atoms with Crippen molar-refractivity contribution in [2.45, 2.75) is 42.5 Å². The summed E-state index contributed by atoms with van der Waals surface area (Å²) in [4.78, 5) is -0.0400. The molecule has 7 nitrogen and oxygen atoms in total. The average Bonchev–Trinajstić information content (AvgIpc) is 3.08. The Bertz CT molecular complexity index is 759. The predicted octanol–water partition coefficient (Wildman–Crippen LogP) is 1.17. The van der Waals surface area contributed by atoms with Gasteiger partial charge in [0.1, 0.15) is 0 Å². The van der Waals surface area contributed by atoms with Gasteiger partial charge in [-0.15, -0.1) is 12.4 Å². The Hall–Kier alpha value is -0.710. The van der Waals surface area contributed by atoms with Crippen molar-refractivity contribution in [2.75, 3.05) is 26.2 Å². The molecule has 0 aromatic heterocycles. The fraction of sp³-hybridized carbons (Fsp3) is 0.600. The summed E-state index contributed by atoms with van der Waals surface area (Å²) < 4.78 is 53.8. The Morgan fingerprint density at radius 3 is 2.36 bits per heavy atom. The Morgan fingerprint density at radius 1 is 1.16 bits per heavy atom. The maximum absolute atomic E-state index is 12.5. The lowest BCUT2D eigenvalue weighted by molar-refractivity contribution is 0.445. The molecule has 1 unspecified atom stereocenters. The van der Waals surface area contributed by atoms with Crippen molar-refractivity contribution in [3.63, 3.8) is 0 Å². The highest BCUT2D eigenvalue weighted by atomic mass is 35.5. The van der Waals surface area contributed by atoms with Crippen molar-refractivity contribution in [2.24, 2.45) is 0 Å². The fourth-order valence-corrected chi connectivity index (χ4v) is 5.45. The second kappa shape index (κ2) is 9.29. The molecule has 25 heavy (non-hydrogen) atoms. The van der Waals surface area contributed by atoms with E-state index in [2.05, 4.69) is 10.0 Å². The van der Waals surface area contributed by atoms with Crippen LogP contribution in [0.25, 0.3) is 0 Å². The summed E-state index contributed by atoms with van der Waals surface area (Å²) in [5.41, 5.74) is 0. The first-order valence-corrected chi connectivity index (χ1v) is 11.1. The first-order chi connectivity index (χ1) is 11.3. The molecule has 0 saturated carbocycles. The van der Waals surface area contributed by atoms with Crippen molar-refractivity contribution in [1.29, 1.82) is 0 Å². The Morgan fingerprint density at radius 2 is 1.80 bits per heavy atom. The lowest BCUT2D eigenvalue weighted by Gasteiger charge is -2.19. The van der Waals surface area contributed by atoms with Crippen LogP contribution >= 0.6 is 12.4 Å². The summed E-state index contributed by atoms with van der Waals surface area (Å²) in [7, 11) is -7.43. The number of rotatable bonds is 8. The van der Waals surface area contributed by atoms with E-state index in [1.54, 1.807) is 13.8 Å². The maximum atomic E-state index is 12.5. The van der Waals surface area contributed by atoms with E-state index in [1.807, 2.05) is 0 Å². The number of halogens is 1. The molecule has 0 spiro atoms. The van der Waals surface area contributed by atoms with Gasteiger partial charge in [0, 0.05) is 25.7 Å². The van der Waals surface area contributed by atoms with Crippen molar-refractivity contribution in [3.05, 3.63) is 24.3 Å². The standard InChI is InChI=1S/C15H25N3O4S2.ClH/c1-3-18(4-2)24(21,22)15-9-5-8-14(11-15)23(19,20)17-12-13-7-6-10-16-13;/h5,8-9,11,13,16-17H,3-4,6-7,10,12H2,1-2H3;1H. The van der Waals surface area contributed by atoms with Gasteiger partial charge in [-0.1, -0.05) is 19.9 Å². The number of hydrogen-bond acceptors (Lipinski definition) is 5.